The molecule has 1 aromatic carbocycles. The third kappa shape index (κ3) is 2.02. The standard InChI is InChI=1S/C18H14F2N4/c1-17(2)18(19,20)16-11(6-5-9-21-16)15(24-17)14-10-22-12-7-3-4-8-13(12)23-14/h3-10H,1-2H3. The van der Waals surface area contributed by atoms with Crippen molar-refractivity contribution in [1.29, 1.82) is 0 Å². The highest BCUT2D eigenvalue weighted by Crippen LogP contribution is 2.45. The van der Waals surface area contributed by atoms with Crippen molar-refractivity contribution in [3.8, 4) is 0 Å². The Morgan fingerprint density at radius 2 is 1.67 bits per heavy atom. The van der Waals surface area contributed by atoms with Crippen LogP contribution in [0.4, 0.5) is 8.78 Å². The van der Waals surface area contributed by atoms with E-state index in [1.807, 2.05) is 24.3 Å². The summed E-state index contributed by atoms with van der Waals surface area (Å²) in [7, 11) is 0. The van der Waals surface area contributed by atoms with Crippen LogP contribution < -0.4 is 0 Å². The van der Waals surface area contributed by atoms with Crippen molar-refractivity contribution in [2.45, 2.75) is 25.3 Å². The van der Waals surface area contributed by atoms with Gasteiger partial charge in [0, 0.05) is 11.8 Å². The molecule has 2 aromatic heterocycles. The van der Waals surface area contributed by atoms with E-state index in [-0.39, 0.29) is 5.69 Å². The Balaban J connectivity index is 1.98. The van der Waals surface area contributed by atoms with Crippen LogP contribution in [-0.2, 0) is 5.92 Å². The number of aromatic nitrogens is 3. The number of alkyl halides is 2. The van der Waals surface area contributed by atoms with Crippen LogP contribution in [0.15, 0.2) is 53.8 Å². The molecule has 0 aliphatic carbocycles. The van der Waals surface area contributed by atoms with Gasteiger partial charge >= 0.3 is 5.92 Å². The van der Waals surface area contributed by atoms with E-state index in [0.29, 0.717) is 22.5 Å². The van der Waals surface area contributed by atoms with E-state index in [4.69, 9.17) is 0 Å². The van der Waals surface area contributed by atoms with Crippen molar-refractivity contribution in [2.24, 2.45) is 4.99 Å². The number of para-hydroxylation sites is 2. The topological polar surface area (TPSA) is 51.0 Å². The van der Waals surface area contributed by atoms with Gasteiger partial charge in [-0.25, -0.2) is 4.98 Å². The van der Waals surface area contributed by atoms with Crippen LogP contribution in [0.3, 0.4) is 0 Å². The second kappa shape index (κ2) is 4.87. The number of aliphatic imine (C=N–C) groups is 1. The van der Waals surface area contributed by atoms with Crippen molar-refractivity contribution in [3.63, 3.8) is 0 Å². The number of pyridine rings is 1. The molecule has 4 rings (SSSR count). The quantitative estimate of drug-likeness (QED) is 0.685. The average Bonchev–Trinajstić information content (AvgIpc) is 2.58. The second-order valence-electron chi connectivity index (χ2n) is 6.24. The maximum atomic E-state index is 14.7. The first-order chi connectivity index (χ1) is 11.4. The Morgan fingerprint density at radius 1 is 0.917 bits per heavy atom. The fraction of sp³-hybridized carbons (Fsp3) is 0.222. The summed E-state index contributed by atoms with van der Waals surface area (Å²) < 4.78 is 29.4. The van der Waals surface area contributed by atoms with Crippen LogP contribution in [0.2, 0.25) is 0 Å². The summed E-state index contributed by atoms with van der Waals surface area (Å²) in [5.41, 5.74) is 0.712. The van der Waals surface area contributed by atoms with E-state index in [1.165, 1.54) is 20.0 Å². The summed E-state index contributed by atoms with van der Waals surface area (Å²) in [6.07, 6.45) is 2.94. The van der Waals surface area contributed by atoms with Crippen LogP contribution in [-0.4, -0.2) is 26.2 Å². The fourth-order valence-corrected chi connectivity index (χ4v) is 2.81. The number of benzene rings is 1. The lowest BCUT2D eigenvalue weighted by atomic mass is 9.85. The molecule has 0 saturated heterocycles. The Kier molecular flexibility index (Phi) is 3.00. The van der Waals surface area contributed by atoms with Gasteiger partial charge in [0.15, 0.2) is 0 Å². The summed E-state index contributed by atoms with van der Waals surface area (Å²) >= 11 is 0. The molecule has 120 valence electrons. The highest BCUT2D eigenvalue weighted by molar-refractivity contribution is 6.13. The second-order valence-corrected chi connectivity index (χ2v) is 6.24. The van der Waals surface area contributed by atoms with Crippen molar-refractivity contribution in [3.05, 3.63) is 65.7 Å². The number of rotatable bonds is 1. The number of nitrogens with zero attached hydrogens (tertiary/aromatic N) is 4. The van der Waals surface area contributed by atoms with E-state index < -0.39 is 11.5 Å². The Hall–Kier alpha value is -2.76. The molecule has 0 amide bonds. The van der Waals surface area contributed by atoms with Crippen LogP contribution in [0, 0.1) is 0 Å². The van der Waals surface area contributed by atoms with Crippen molar-refractivity contribution in [2.75, 3.05) is 0 Å². The zero-order chi connectivity index (χ0) is 16.9. The van der Waals surface area contributed by atoms with Gasteiger partial charge in [-0.1, -0.05) is 12.1 Å². The first-order valence-corrected chi connectivity index (χ1v) is 7.56. The molecule has 0 unspecified atom stereocenters. The van der Waals surface area contributed by atoms with Crippen LogP contribution in [0.5, 0.6) is 0 Å². The van der Waals surface area contributed by atoms with Crippen molar-refractivity contribution >= 4 is 16.7 Å². The van der Waals surface area contributed by atoms with Gasteiger partial charge in [-0.15, -0.1) is 0 Å². The third-order valence-electron chi connectivity index (χ3n) is 4.21. The number of hydrogen-bond acceptors (Lipinski definition) is 4. The SMILES string of the molecule is CC1(C)N=C(c2cnc3ccccc3n2)c2cccnc2C1(F)F. The summed E-state index contributed by atoms with van der Waals surface area (Å²) in [6, 6.07) is 10.6. The molecule has 1 aliphatic heterocycles. The lowest BCUT2D eigenvalue weighted by molar-refractivity contribution is -0.0721. The van der Waals surface area contributed by atoms with Gasteiger partial charge in [0.25, 0.3) is 0 Å². The number of fused-ring (bicyclic) bond motifs is 2. The van der Waals surface area contributed by atoms with Gasteiger partial charge in [0.1, 0.15) is 16.9 Å². The number of hydrogen-bond donors (Lipinski definition) is 0. The van der Waals surface area contributed by atoms with Gasteiger partial charge in [-0.2, -0.15) is 8.78 Å². The lowest BCUT2D eigenvalue weighted by Crippen LogP contribution is -2.45. The highest BCUT2D eigenvalue weighted by Gasteiger charge is 2.54. The molecule has 0 atom stereocenters. The smallest absolute Gasteiger partial charge is 0.270 e. The van der Waals surface area contributed by atoms with E-state index in [2.05, 4.69) is 19.9 Å². The van der Waals surface area contributed by atoms with Gasteiger partial charge in [0.05, 0.1) is 22.9 Å². The largest absolute Gasteiger partial charge is 0.314 e. The molecule has 0 N–H and O–H groups in total. The summed E-state index contributed by atoms with van der Waals surface area (Å²) in [4.78, 5) is 17.1. The maximum Gasteiger partial charge on any atom is 0.314 e. The molecular weight excluding hydrogens is 310 g/mol. The van der Waals surface area contributed by atoms with E-state index in [0.717, 1.165) is 5.52 Å². The minimum absolute atomic E-state index is 0.269. The van der Waals surface area contributed by atoms with Crippen LogP contribution in [0.1, 0.15) is 30.8 Å². The monoisotopic (exact) mass is 324 g/mol. The van der Waals surface area contributed by atoms with Crippen molar-refractivity contribution < 1.29 is 8.78 Å². The van der Waals surface area contributed by atoms with E-state index >= 15 is 0 Å². The predicted octanol–water partition coefficient (Wildman–Crippen LogP) is 3.75. The first-order valence-electron chi connectivity index (χ1n) is 7.56. The molecular formula is C18H14F2N4. The van der Waals surface area contributed by atoms with Gasteiger partial charge in [-0.05, 0) is 38.1 Å². The molecule has 0 radical (unpaired) electrons. The van der Waals surface area contributed by atoms with E-state index in [1.54, 1.807) is 18.3 Å². The summed E-state index contributed by atoms with van der Waals surface area (Å²) in [6.45, 7) is 2.80. The molecule has 3 heterocycles. The predicted molar refractivity (Wildman–Crippen MR) is 87.4 cm³/mol. The van der Waals surface area contributed by atoms with Gasteiger partial charge in [-0.3, -0.25) is 15.0 Å². The van der Waals surface area contributed by atoms with Crippen LogP contribution in [0.25, 0.3) is 11.0 Å². The zero-order valence-corrected chi connectivity index (χ0v) is 13.2. The normalized spacial score (nSPS) is 18.1. The Bertz CT molecular complexity index is 979. The number of halogens is 2. The summed E-state index contributed by atoms with van der Waals surface area (Å²) in [5.74, 6) is -3.16. The highest BCUT2D eigenvalue weighted by atomic mass is 19.3. The molecule has 0 saturated carbocycles. The molecule has 0 spiro atoms. The molecule has 0 fully saturated rings. The molecule has 0 bridgehead atoms. The minimum Gasteiger partial charge on any atom is -0.270 e. The Labute approximate surface area is 137 Å². The van der Waals surface area contributed by atoms with Gasteiger partial charge in [0.2, 0.25) is 0 Å². The molecule has 24 heavy (non-hydrogen) atoms. The van der Waals surface area contributed by atoms with Gasteiger partial charge < -0.3 is 0 Å². The van der Waals surface area contributed by atoms with Crippen molar-refractivity contribution in [1.82, 2.24) is 15.0 Å². The molecule has 3 aromatic rings. The lowest BCUT2D eigenvalue weighted by Gasteiger charge is -2.35. The maximum absolute atomic E-state index is 14.7. The van der Waals surface area contributed by atoms with E-state index in [9.17, 15) is 8.78 Å². The van der Waals surface area contributed by atoms with Crippen LogP contribution >= 0.6 is 0 Å². The molecule has 1 aliphatic rings. The molecule has 6 heteroatoms. The summed E-state index contributed by atoms with van der Waals surface area (Å²) in [5, 5.41) is 0. The average molecular weight is 324 g/mol. The molecule has 4 nitrogen and oxygen atoms in total. The minimum atomic E-state index is -3.16. The first kappa shape index (κ1) is 14.8. The zero-order valence-electron chi connectivity index (χ0n) is 13.2. The Morgan fingerprint density at radius 3 is 2.46 bits per heavy atom. The third-order valence-corrected chi connectivity index (χ3v) is 4.21. The fourth-order valence-electron chi connectivity index (χ4n) is 2.81.